The van der Waals surface area contributed by atoms with Crippen molar-refractivity contribution < 1.29 is 18.8 Å². The van der Waals surface area contributed by atoms with Gasteiger partial charge in [0.2, 0.25) is 17.6 Å². The van der Waals surface area contributed by atoms with Gasteiger partial charge in [-0.2, -0.15) is 4.98 Å². The molecule has 9 heteroatoms. The second kappa shape index (κ2) is 9.92. The van der Waals surface area contributed by atoms with Crippen LogP contribution in [0.2, 0.25) is 0 Å². The Balaban J connectivity index is 1.61. The molecule has 1 amide bonds. The molecule has 0 saturated heterocycles. The standard InChI is InChI=1S/C20H19BrN4O4/c1-28-19(27)11-16(13-4-2-6-15(21)10-13)23-17(26)7-8-18-24-20(25-29-18)14-5-3-9-22-12-14/h2-6,9-10,12,16H,7-8,11H2,1H3,(H,23,26). The van der Waals surface area contributed by atoms with Crippen molar-refractivity contribution in [2.24, 2.45) is 0 Å². The molecule has 3 aromatic rings. The third-order valence-electron chi connectivity index (χ3n) is 4.14. The fourth-order valence-electron chi connectivity index (χ4n) is 2.68. The number of esters is 1. The zero-order valence-corrected chi connectivity index (χ0v) is 17.3. The summed E-state index contributed by atoms with van der Waals surface area (Å²) in [5.74, 6) is 0.130. The Morgan fingerprint density at radius 3 is 2.86 bits per heavy atom. The first-order chi connectivity index (χ1) is 14.0. The quantitative estimate of drug-likeness (QED) is 0.516. The summed E-state index contributed by atoms with van der Waals surface area (Å²) in [7, 11) is 1.32. The molecule has 0 aliphatic carbocycles. The predicted molar refractivity (Wildman–Crippen MR) is 108 cm³/mol. The van der Waals surface area contributed by atoms with Crippen LogP contribution in [0.25, 0.3) is 11.4 Å². The van der Waals surface area contributed by atoms with Crippen LogP contribution in [0.3, 0.4) is 0 Å². The highest BCUT2D eigenvalue weighted by Gasteiger charge is 2.20. The molecule has 150 valence electrons. The molecule has 1 aromatic carbocycles. The minimum atomic E-state index is -0.499. The Morgan fingerprint density at radius 1 is 1.28 bits per heavy atom. The van der Waals surface area contributed by atoms with Crippen molar-refractivity contribution in [1.29, 1.82) is 0 Å². The fraction of sp³-hybridized carbons (Fsp3) is 0.250. The maximum atomic E-state index is 12.5. The SMILES string of the molecule is COC(=O)CC(NC(=O)CCc1nc(-c2cccnc2)no1)c1cccc(Br)c1. The molecule has 3 rings (SSSR count). The minimum Gasteiger partial charge on any atom is -0.469 e. The summed E-state index contributed by atoms with van der Waals surface area (Å²) >= 11 is 3.40. The lowest BCUT2D eigenvalue weighted by Crippen LogP contribution is -2.30. The van der Waals surface area contributed by atoms with Gasteiger partial charge in [-0.3, -0.25) is 14.6 Å². The first-order valence-corrected chi connectivity index (χ1v) is 9.69. The van der Waals surface area contributed by atoms with E-state index in [1.807, 2.05) is 30.3 Å². The van der Waals surface area contributed by atoms with Gasteiger partial charge in [0.1, 0.15) is 0 Å². The number of hydrogen-bond donors (Lipinski definition) is 1. The number of halogens is 1. The summed E-state index contributed by atoms with van der Waals surface area (Å²) in [4.78, 5) is 32.5. The van der Waals surface area contributed by atoms with Gasteiger partial charge < -0.3 is 14.6 Å². The van der Waals surface area contributed by atoms with Gasteiger partial charge in [-0.1, -0.05) is 33.2 Å². The fourth-order valence-corrected chi connectivity index (χ4v) is 3.10. The van der Waals surface area contributed by atoms with Gasteiger partial charge in [0.25, 0.3) is 0 Å². The van der Waals surface area contributed by atoms with Crippen LogP contribution in [0.1, 0.15) is 30.3 Å². The Labute approximate surface area is 175 Å². The second-order valence-corrected chi connectivity index (χ2v) is 7.12. The highest BCUT2D eigenvalue weighted by Crippen LogP contribution is 2.22. The van der Waals surface area contributed by atoms with E-state index in [2.05, 4.69) is 36.4 Å². The number of nitrogens with one attached hydrogen (secondary N) is 1. The highest BCUT2D eigenvalue weighted by molar-refractivity contribution is 9.10. The number of nitrogens with zero attached hydrogens (tertiary/aromatic N) is 3. The van der Waals surface area contributed by atoms with E-state index >= 15 is 0 Å². The van der Waals surface area contributed by atoms with E-state index < -0.39 is 12.0 Å². The van der Waals surface area contributed by atoms with Crippen molar-refractivity contribution in [2.45, 2.75) is 25.3 Å². The molecule has 0 fully saturated rings. The number of ether oxygens (including phenoxy) is 1. The highest BCUT2D eigenvalue weighted by atomic mass is 79.9. The molecule has 1 unspecified atom stereocenters. The molecule has 0 spiro atoms. The molecule has 0 radical (unpaired) electrons. The van der Waals surface area contributed by atoms with E-state index in [-0.39, 0.29) is 25.2 Å². The van der Waals surface area contributed by atoms with Crippen LogP contribution < -0.4 is 5.32 Å². The number of carbonyl (C=O) groups excluding carboxylic acids is 2. The van der Waals surface area contributed by atoms with Gasteiger partial charge in [-0.25, -0.2) is 0 Å². The van der Waals surface area contributed by atoms with Gasteiger partial charge in [0, 0.05) is 35.3 Å². The van der Waals surface area contributed by atoms with Gasteiger partial charge >= 0.3 is 5.97 Å². The Morgan fingerprint density at radius 2 is 2.14 bits per heavy atom. The van der Waals surface area contributed by atoms with Crippen molar-refractivity contribution in [2.75, 3.05) is 7.11 Å². The van der Waals surface area contributed by atoms with E-state index in [4.69, 9.17) is 9.26 Å². The lowest BCUT2D eigenvalue weighted by molar-refractivity contribution is -0.141. The third kappa shape index (κ3) is 5.95. The summed E-state index contributed by atoms with van der Waals surface area (Å²) in [6.07, 6.45) is 3.74. The summed E-state index contributed by atoms with van der Waals surface area (Å²) in [5, 5.41) is 6.78. The van der Waals surface area contributed by atoms with Crippen molar-refractivity contribution in [1.82, 2.24) is 20.4 Å². The number of rotatable bonds is 8. The average molecular weight is 459 g/mol. The molecule has 2 heterocycles. The Bertz CT molecular complexity index is 977. The molecule has 29 heavy (non-hydrogen) atoms. The average Bonchev–Trinajstić information content (AvgIpc) is 3.21. The third-order valence-corrected chi connectivity index (χ3v) is 4.63. The first kappa shape index (κ1) is 20.7. The zero-order chi connectivity index (χ0) is 20.6. The largest absolute Gasteiger partial charge is 0.469 e. The number of carbonyl (C=O) groups is 2. The van der Waals surface area contributed by atoms with Crippen LogP contribution in [-0.4, -0.2) is 34.1 Å². The van der Waals surface area contributed by atoms with Crippen molar-refractivity contribution in [3.8, 4) is 11.4 Å². The van der Waals surface area contributed by atoms with Crippen LogP contribution in [0.4, 0.5) is 0 Å². The van der Waals surface area contributed by atoms with Crippen LogP contribution in [-0.2, 0) is 20.7 Å². The van der Waals surface area contributed by atoms with Crippen molar-refractivity contribution in [3.05, 3.63) is 64.7 Å². The Kier molecular flexibility index (Phi) is 7.07. The minimum absolute atomic E-state index is 0.0321. The van der Waals surface area contributed by atoms with E-state index in [0.717, 1.165) is 15.6 Å². The number of aromatic nitrogens is 3. The predicted octanol–water partition coefficient (Wildman–Crippen LogP) is 3.25. The molecular formula is C20H19BrN4O4. The lowest BCUT2D eigenvalue weighted by atomic mass is 10.0. The maximum absolute atomic E-state index is 12.5. The molecule has 0 saturated carbocycles. The van der Waals surface area contributed by atoms with Gasteiger partial charge in [-0.15, -0.1) is 0 Å². The first-order valence-electron chi connectivity index (χ1n) is 8.90. The molecule has 8 nitrogen and oxygen atoms in total. The number of pyridine rings is 1. The summed E-state index contributed by atoms with van der Waals surface area (Å²) in [5.41, 5.74) is 1.54. The molecule has 2 aromatic heterocycles. The maximum Gasteiger partial charge on any atom is 0.307 e. The van der Waals surface area contributed by atoms with Crippen molar-refractivity contribution in [3.63, 3.8) is 0 Å². The van der Waals surface area contributed by atoms with E-state index in [1.54, 1.807) is 18.5 Å². The van der Waals surface area contributed by atoms with Crippen LogP contribution >= 0.6 is 15.9 Å². The van der Waals surface area contributed by atoms with Crippen LogP contribution in [0, 0.1) is 0 Å². The van der Waals surface area contributed by atoms with Crippen molar-refractivity contribution >= 4 is 27.8 Å². The molecule has 1 N–H and O–H groups in total. The van der Waals surface area contributed by atoms with Gasteiger partial charge in [0.15, 0.2) is 0 Å². The van der Waals surface area contributed by atoms with Gasteiger partial charge in [-0.05, 0) is 29.8 Å². The number of aryl methyl sites for hydroxylation is 1. The number of hydrogen-bond acceptors (Lipinski definition) is 7. The Hall–Kier alpha value is -3.07. The number of amides is 1. The van der Waals surface area contributed by atoms with E-state index in [9.17, 15) is 9.59 Å². The number of methoxy groups -OCH3 is 1. The smallest absolute Gasteiger partial charge is 0.307 e. The van der Waals surface area contributed by atoms with E-state index in [0.29, 0.717) is 11.7 Å². The zero-order valence-electron chi connectivity index (χ0n) is 15.7. The lowest BCUT2D eigenvalue weighted by Gasteiger charge is -2.18. The number of benzene rings is 1. The molecule has 1 atom stereocenters. The normalized spacial score (nSPS) is 11.7. The molecule has 0 bridgehead atoms. The summed E-state index contributed by atoms with van der Waals surface area (Å²) < 4.78 is 10.8. The van der Waals surface area contributed by atoms with Crippen LogP contribution in [0.15, 0.2) is 57.8 Å². The molecular weight excluding hydrogens is 440 g/mol. The topological polar surface area (TPSA) is 107 Å². The van der Waals surface area contributed by atoms with Gasteiger partial charge in [0.05, 0.1) is 19.6 Å². The molecule has 0 aliphatic heterocycles. The monoisotopic (exact) mass is 458 g/mol. The second-order valence-electron chi connectivity index (χ2n) is 6.21. The summed E-state index contributed by atoms with van der Waals surface area (Å²) in [6, 6.07) is 10.5. The van der Waals surface area contributed by atoms with E-state index in [1.165, 1.54) is 7.11 Å². The molecule has 0 aliphatic rings. The summed E-state index contributed by atoms with van der Waals surface area (Å²) in [6.45, 7) is 0. The van der Waals surface area contributed by atoms with Crippen LogP contribution in [0.5, 0.6) is 0 Å².